The fourth-order valence-electron chi connectivity index (χ4n) is 2.89. The fraction of sp³-hybridized carbons (Fsp3) is 0.500. The summed E-state index contributed by atoms with van der Waals surface area (Å²) in [5.74, 6) is 0.927. The molecule has 126 valence electrons. The Morgan fingerprint density at radius 1 is 1.39 bits per heavy atom. The molecule has 2 aliphatic rings. The molecule has 1 atom stereocenters. The smallest absolute Gasteiger partial charge is 0.262 e. The van der Waals surface area contributed by atoms with Crippen LogP contribution in [0.5, 0.6) is 5.75 Å². The Morgan fingerprint density at radius 2 is 2.26 bits per heavy atom. The summed E-state index contributed by atoms with van der Waals surface area (Å²) in [6, 6.07) is 5.09. The predicted molar refractivity (Wildman–Crippen MR) is 90.4 cm³/mol. The lowest BCUT2D eigenvalue weighted by Gasteiger charge is -2.22. The van der Waals surface area contributed by atoms with Gasteiger partial charge in [0.15, 0.2) is 6.61 Å². The normalized spacial score (nSPS) is 19.7. The molecule has 23 heavy (non-hydrogen) atoms. The first-order valence-corrected chi connectivity index (χ1v) is 7.78. The molecule has 3 N–H and O–H groups in total. The Kier molecular flexibility index (Phi) is 6.24. The van der Waals surface area contributed by atoms with E-state index in [1.807, 2.05) is 0 Å². The highest BCUT2D eigenvalue weighted by Gasteiger charge is 2.18. The van der Waals surface area contributed by atoms with Gasteiger partial charge in [-0.2, -0.15) is 0 Å². The Bertz CT molecular complexity index is 574. The molecule has 0 aliphatic carbocycles. The number of rotatable bonds is 4. The van der Waals surface area contributed by atoms with Crippen molar-refractivity contribution in [1.29, 1.82) is 0 Å². The maximum atomic E-state index is 12.2. The molecular weight excluding hydrogens is 318 g/mol. The molecule has 0 radical (unpaired) electrons. The van der Waals surface area contributed by atoms with E-state index < -0.39 is 0 Å². The van der Waals surface area contributed by atoms with Crippen LogP contribution in [-0.2, 0) is 4.79 Å². The zero-order valence-electron chi connectivity index (χ0n) is 12.9. The van der Waals surface area contributed by atoms with Crippen LogP contribution in [0.4, 0.5) is 5.69 Å². The molecular formula is C16H22ClN3O3. The lowest BCUT2D eigenvalue weighted by molar-refractivity contribution is -0.118. The number of hydrogen-bond donors (Lipinski definition) is 3. The minimum Gasteiger partial charge on any atom is -0.482 e. The first-order chi connectivity index (χ1) is 10.7. The summed E-state index contributed by atoms with van der Waals surface area (Å²) in [6.45, 7) is 2.84. The number of carbonyl (C=O) groups is 2. The summed E-state index contributed by atoms with van der Waals surface area (Å²) < 4.78 is 5.28. The molecule has 2 heterocycles. The van der Waals surface area contributed by atoms with E-state index in [0.717, 1.165) is 19.5 Å². The third kappa shape index (κ3) is 4.59. The topological polar surface area (TPSA) is 79.5 Å². The van der Waals surface area contributed by atoms with Crippen LogP contribution in [0.1, 0.15) is 29.6 Å². The zero-order chi connectivity index (χ0) is 15.4. The van der Waals surface area contributed by atoms with E-state index in [2.05, 4.69) is 16.0 Å². The Hall–Kier alpha value is -1.79. The summed E-state index contributed by atoms with van der Waals surface area (Å²) in [6.07, 6.45) is 3.43. The van der Waals surface area contributed by atoms with Crippen LogP contribution >= 0.6 is 12.4 Å². The predicted octanol–water partition coefficient (Wildman–Crippen LogP) is 1.56. The zero-order valence-corrected chi connectivity index (χ0v) is 13.7. The fourth-order valence-corrected chi connectivity index (χ4v) is 2.89. The second kappa shape index (κ2) is 8.17. The lowest BCUT2D eigenvalue weighted by Crippen LogP contribution is -2.33. The van der Waals surface area contributed by atoms with Gasteiger partial charge in [0.1, 0.15) is 5.75 Å². The first kappa shape index (κ1) is 17.6. The van der Waals surface area contributed by atoms with Crippen molar-refractivity contribution in [3.05, 3.63) is 23.8 Å². The van der Waals surface area contributed by atoms with Gasteiger partial charge in [0.2, 0.25) is 0 Å². The van der Waals surface area contributed by atoms with E-state index in [4.69, 9.17) is 4.74 Å². The van der Waals surface area contributed by atoms with E-state index in [-0.39, 0.29) is 30.8 Å². The number of fused-ring (bicyclic) bond motifs is 1. The minimum absolute atomic E-state index is 0. The van der Waals surface area contributed by atoms with Crippen LogP contribution in [0.3, 0.4) is 0 Å². The number of nitrogens with one attached hydrogen (secondary N) is 3. The van der Waals surface area contributed by atoms with Crippen LogP contribution in [0.25, 0.3) is 0 Å². The minimum atomic E-state index is -0.199. The van der Waals surface area contributed by atoms with Crippen molar-refractivity contribution in [1.82, 2.24) is 10.6 Å². The average Bonchev–Trinajstić information content (AvgIpc) is 2.55. The standard InChI is InChI=1S/C16H21N3O3.ClH/c20-15-10-22-14-4-3-12(8-13(14)19-15)16(21)18-7-5-11-2-1-6-17-9-11;/h3-4,8,11,17H,1-2,5-7,9-10H2,(H,18,21)(H,19,20);1H. The van der Waals surface area contributed by atoms with Gasteiger partial charge in [0.25, 0.3) is 11.8 Å². The van der Waals surface area contributed by atoms with Crippen molar-refractivity contribution in [2.24, 2.45) is 5.92 Å². The quantitative estimate of drug-likeness (QED) is 0.777. The molecule has 1 aromatic carbocycles. The summed E-state index contributed by atoms with van der Waals surface area (Å²) in [7, 11) is 0. The number of ether oxygens (including phenoxy) is 1. The van der Waals surface area contributed by atoms with Gasteiger partial charge in [-0.25, -0.2) is 0 Å². The van der Waals surface area contributed by atoms with Crippen molar-refractivity contribution in [3.8, 4) is 5.75 Å². The van der Waals surface area contributed by atoms with Gasteiger partial charge in [-0.05, 0) is 56.5 Å². The Labute approximate surface area is 141 Å². The maximum absolute atomic E-state index is 12.2. The van der Waals surface area contributed by atoms with Crippen molar-refractivity contribution in [2.45, 2.75) is 19.3 Å². The third-order valence-electron chi connectivity index (χ3n) is 4.11. The van der Waals surface area contributed by atoms with Gasteiger partial charge in [-0.3, -0.25) is 9.59 Å². The molecule has 0 bridgehead atoms. The summed E-state index contributed by atoms with van der Waals surface area (Å²) in [4.78, 5) is 23.5. The van der Waals surface area contributed by atoms with Crippen LogP contribution in [0.2, 0.25) is 0 Å². The van der Waals surface area contributed by atoms with Crippen LogP contribution in [-0.4, -0.2) is 38.1 Å². The Morgan fingerprint density at radius 3 is 3.04 bits per heavy atom. The van der Waals surface area contributed by atoms with Gasteiger partial charge in [-0.15, -0.1) is 12.4 Å². The van der Waals surface area contributed by atoms with Gasteiger partial charge in [0, 0.05) is 12.1 Å². The summed E-state index contributed by atoms with van der Waals surface area (Å²) in [5.41, 5.74) is 1.09. The Balaban J connectivity index is 0.00000192. The van der Waals surface area contributed by atoms with Crippen molar-refractivity contribution in [3.63, 3.8) is 0 Å². The highest BCUT2D eigenvalue weighted by atomic mass is 35.5. The monoisotopic (exact) mass is 339 g/mol. The van der Waals surface area contributed by atoms with Crippen molar-refractivity contribution in [2.75, 3.05) is 31.6 Å². The summed E-state index contributed by atoms with van der Waals surface area (Å²) in [5, 5.41) is 9.03. The van der Waals surface area contributed by atoms with Crippen LogP contribution in [0, 0.1) is 5.92 Å². The lowest BCUT2D eigenvalue weighted by atomic mass is 9.96. The van der Waals surface area contributed by atoms with Gasteiger partial charge in [0.05, 0.1) is 5.69 Å². The first-order valence-electron chi connectivity index (χ1n) is 7.78. The number of hydrogen-bond acceptors (Lipinski definition) is 4. The summed E-state index contributed by atoms with van der Waals surface area (Å²) >= 11 is 0. The molecule has 1 unspecified atom stereocenters. The highest BCUT2D eigenvalue weighted by Crippen LogP contribution is 2.28. The molecule has 1 fully saturated rings. The van der Waals surface area contributed by atoms with Gasteiger partial charge < -0.3 is 20.7 Å². The molecule has 6 nitrogen and oxygen atoms in total. The second-order valence-corrected chi connectivity index (χ2v) is 5.80. The van der Waals surface area contributed by atoms with Crippen molar-refractivity contribution < 1.29 is 14.3 Å². The molecule has 0 aromatic heterocycles. The molecule has 2 amide bonds. The molecule has 2 aliphatic heterocycles. The largest absolute Gasteiger partial charge is 0.482 e. The van der Waals surface area contributed by atoms with Gasteiger partial charge >= 0.3 is 0 Å². The number of benzene rings is 1. The van der Waals surface area contributed by atoms with Crippen LogP contribution < -0.4 is 20.7 Å². The second-order valence-electron chi connectivity index (χ2n) is 5.80. The molecule has 0 spiro atoms. The SMILES string of the molecule is Cl.O=C1COc2ccc(C(=O)NCCC3CCCNC3)cc2N1. The molecule has 3 rings (SSSR count). The van der Waals surface area contributed by atoms with Gasteiger partial charge in [-0.1, -0.05) is 0 Å². The number of amides is 2. The molecule has 1 saturated heterocycles. The van der Waals surface area contributed by atoms with E-state index in [0.29, 0.717) is 29.5 Å². The molecule has 0 saturated carbocycles. The number of piperidine rings is 1. The number of halogens is 1. The molecule has 1 aromatic rings. The third-order valence-corrected chi connectivity index (χ3v) is 4.11. The van der Waals surface area contributed by atoms with Crippen molar-refractivity contribution >= 4 is 29.9 Å². The van der Waals surface area contributed by atoms with E-state index in [9.17, 15) is 9.59 Å². The number of anilines is 1. The van der Waals surface area contributed by atoms with E-state index in [1.54, 1.807) is 18.2 Å². The van der Waals surface area contributed by atoms with Crippen LogP contribution in [0.15, 0.2) is 18.2 Å². The maximum Gasteiger partial charge on any atom is 0.262 e. The molecule has 7 heteroatoms. The average molecular weight is 340 g/mol. The van der Waals surface area contributed by atoms with E-state index >= 15 is 0 Å². The van der Waals surface area contributed by atoms with E-state index in [1.165, 1.54) is 12.8 Å². The highest BCUT2D eigenvalue weighted by molar-refractivity contribution is 5.99. The number of carbonyl (C=O) groups excluding carboxylic acids is 2.